The summed E-state index contributed by atoms with van der Waals surface area (Å²) in [6.07, 6.45) is 8.05. The lowest BCUT2D eigenvalue weighted by Gasteiger charge is -2.43. The lowest BCUT2D eigenvalue weighted by atomic mass is 9.79. The molecule has 2 aliphatic heterocycles. The molecule has 2 aliphatic rings. The van der Waals surface area contributed by atoms with E-state index in [4.69, 9.17) is 0 Å². The minimum Gasteiger partial charge on any atom is -0.388 e. The number of carbonyl (C=O) groups excluding carboxylic acids is 2. The largest absolute Gasteiger partial charge is 0.388 e. The Morgan fingerprint density at radius 1 is 0.979 bits per heavy atom. The molecule has 2 amide bonds. The predicted molar refractivity (Wildman–Crippen MR) is 179 cm³/mol. The Labute approximate surface area is 276 Å². The molecule has 6 heterocycles. The van der Waals surface area contributed by atoms with Crippen molar-refractivity contribution in [3.05, 3.63) is 100 Å². The van der Waals surface area contributed by atoms with Crippen molar-refractivity contribution in [2.24, 2.45) is 13.0 Å². The normalized spacial score (nSPS) is 19.6. The highest BCUT2D eigenvalue weighted by Crippen LogP contribution is 2.37. The van der Waals surface area contributed by atoms with Gasteiger partial charge in [0, 0.05) is 74.9 Å². The van der Waals surface area contributed by atoms with E-state index in [1.165, 1.54) is 22.2 Å². The smallest absolute Gasteiger partial charge is 0.282 e. The van der Waals surface area contributed by atoms with Gasteiger partial charge in [-0.1, -0.05) is 36.4 Å². The van der Waals surface area contributed by atoms with Crippen LogP contribution in [0.3, 0.4) is 0 Å². The van der Waals surface area contributed by atoms with Crippen LogP contribution in [0.2, 0.25) is 0 Å². The molecule has 1 N–H and O–H groups in total. The lowest BCUT2D eigenvalue weighted by molar-refractivity contribution is -0.142. The van der Waals surface area contributed by atoms with Crippen molar-refractivity contribution in [3.8, 4) is 10.4 Å². The summed E-state index contributed by atoms with van der Waals surface area (Å²) in [4.78, 5) is 58.6. The third kappa shape index (κ3) is 6.10. The van der Waals surface area contributed by atoms with E-state index in [9.17, 15) is 19.5 Å². The minimum atomic E-state index is -1.12. The maximum atomic E-state index is 14.1. The molecule has 2 atom stereocenters. The number of rotatable bonds is 6. The Morgan fingerprint density at radius 2 is 1.77 bits per heavy atom. The molecule has 47 heavy (non-hydrogen) atoms. The molecular weight excluding hydrogens is 614 g/mol. The van der Waals surface area contributed by atoms with Crippen LogP contribution >= 0.6 is 11.3 Å². The van der Waals surface area contributed by atoms with Crippen LogP contribution in [0.1, 0.15) is 46.2 Å². The summed E-state index contributed by atoms with van der Waals surface area (Å²) in [5, 5.41) is 12.4. The number of thiazole rings is 1. The van der Waals surface area contributed by atoms with E-state index in [1.54, 1.807) is 29.2 Å². The van der Waals surface area contributed by atoms with Gasteiger partial charge in [0.15, 0.2) is 5.01 Å². The van der Waals surface area contributed by atoms with Gasteiger partial charge in [0.05, 0.1) is 22.4 Å². The zero-order chi connectivity index (χ0) is 32.7. The van der Waals surface area contributed by atoms with Gasteiger partial charge in [0.1, 0.15) is 12.0 Å². The number of amides is 2. The van der Waals surface area contributed by atoms with Crippen molar-refractivity contribution < 1.29 is 14.7 Å². The van der Waals surface area contributed by atoms with Crippen LogP contribution in [0.4, 0.5) is 0 Å². The van der Waals surface area contributed by atoms with Crippen molar-refractivity contribution in [3.63, 3.8) is 0 Å². The summed E-state index contributed by atoms with van der Waals surface area (Å²) < 4.78 is 3.27. The number of pyridine rings is 1. The molecule has 4 aromatic heterocycles. The molecule has 0 radical (unpaired) electrons. The third-order valence-corrected chi connectivity index (χ3v) is 10.7. The number of benzene rings is 1. The van der Waals surface area contributed by atoms with Gasteiger partial charge in [0.2, 0.25) is 5.91 Å². The predicted octanol–water partition coefficient (Wildman–Crippen LogP) is 3.86. The first-order valence-corrected chi connectivity index (χ1v) is 16.8. The summed E-state index contributed by atoms with van der Waals surface area (Å²) in [6.45, 7) is 3.70. The number of aromatic nitrogens is 5. The van der Waals surface area contributed by atoms with Crippen LogP contribution in [0.15, 0.2) is 78.2 Å². The molecule has 7 rings (SSSR count). The van der Waals surface area contributed by atoms with Gasteiger partial charge in [-0.2, -0.15) is 0 Å². The molecule has 0 spiro atoms. The topological polar surface area (TPSA) is 126 Å². The van der Waals surface area contributed by atoms with E-state index in [1.807, 2.05) is 66.2 Å². The second-order valence-electron chi connectivity index (χ2n) is 12.8. The van der Waals surface area contributed by atoms with Gasteiger partial charge in [-0.05, 0) is 43.9 Å². The molecule has 2 saturated heterocycles. The van der Waals surface area contributed by atoms with E-state index in [2.05, 4.69) is 15.0 Å². The average molecular weight is 652 g/mol. The fourth-order valence-corrected chi connectivity index (χ4v) is 7.75. The Kier molecular flexibility index (Phi) is 8.23. The van der Waals surface area contributed by atoms with Gasteiger partial charge in [-0.25, -0.2) is 9.97 Å². The highest BCUT2D eigenvalue weighted by atomic mass is 32.1. The summed E-state index contributed by atoms with van der Waals surface area (Å²) >= 11 is 1.36. The number of aryl methyl sites for hydroxylation is 2. The molecule has 242 valence electrons. The summed E-state index contributed by atoms with van der Waals surface area (Å²) in [6, 6.07) is 15.6. The molecule has 0 unspecified atom stereocenters. The van der Waals surface area contributed by atoms with Crippen LogP contribution in [0, 0.1) is 12.8 Å². The van der Waals surface area contributed by atoms with E-state index >= 15 is 0 Å². The number of fused-ring (bicyclic) bond motifs is 1. The first-order valence-electron chi connectivity index (χ1n) is 15.9. The average Bonchev–Trinajstić information content (AvgIpc) is 3.74. The van der Waals surface area contributed by atoms with Crippen LogP contribution in [0.25, 0.3) is 21.5 Å². The number of aliphatic hydroxyl groups is 1. The maximum Gasteiger partial charge on any atom is 0.282 e. The van der Waals surface area contributed by atoms with Crippen molar-refractivity contribution in [1.82, 2.24) is 33.9 Å². The van der Waals surface area contributed by atoms with Crippen molar-refractivity contribution >= 4 is 34.2 Å². The standard InChI is InChI=1S/C35H37N7O4S/c1-23-8-9-25(18-36-23)29-19-37-31(47-29)34(45)41-15-11-26(28(20-41)24-6-4-3-5-7-24)32(43)40-16-12-35(46,13-17-40)21-42-22-38-30-27(33(42)44)10-14-39(30)2/h3-10,14,18-19,22,26,28,46H,11-13,15-17,20-21H2,1-2H3/t26-,28+/m1/s1. The van der Waals surface area contributed by atoms with Crippen LogP contribution < -0.4 is 5.56 Å². The molecule has 5 aromatic rings. The zero-order valence-electron chi connectivity index (χ0n) is 26.5. The number of likely N-dealkylation sites (tertiary alicyclic amines) is 2. The number of piperidine rings is 2. The lowest BCUT2D eigenvalue weighted by Crippen LogP contribution is -2.53. The quantitative estimate of drug-likeness (QED) is 0.296. The Balaban J connectivity index is 1.04. The van der Waals surface area contributed by atoms with Crippen molar-refractivity contribution in [1.29, 1.82) is 0 Å². The molecule has 0 aliphatic carbocycles. The van der Waals surface area contributed by atoms with E-state index in [-0.39, 0.29) is 35.8 Å². The van der Waals surface area contributed by atoms with Crippen LogP contribution in [-0.2, 0) is 18.4 Å². The fourth-order valence-electron chi connectivity index (χ4n) is 6.87. The van der Waals surface area contributed by atoms with E-state index < -0.39 is 5.60 Å². The maximum absolute atomic E-state index is 14.1. The molecule has 2 fully saturated rings. The summed E-state index contributed by atoms with van der Waals surface area (Å²) in [5.41, 5.74) is 2.17. The van der Waals surface area contributed by atoms with Gasteiger partial charge in [-0.3, -0.25) is 23.9 Å². The van der Waals surface area contributed by atoms with Crippen LogP contribution in [0.5, 0.6) is 0 Å². The molecule has 0 saturated carbocycles. The van der Waals surface area contributed by atoms with E-state index in [0.717, 1.165) is 21.7 Å². The second kappa shape index (κ2) is 12.5. The number of hydrogen-bond acceptors (Lipinski definition) is 8. The zero-order valence-corrected chi connectivity index (χ0v) is 27.3. The number of carbonyl (C=O) groups is 2. The molecule has 11 nitrogen and oxygen atoms in total. The number of nitrogens with zero attached hydrogens (tertiary/aromatic N) is 7. The molecule has 1 aromatic carbocycles. The molecular formula is C35H37N7O4S. The summed E-state index contributed by atoms with van der Waals surface area (Å²) in [7, 11) is 1.84. The van der Waals surface area contributed by atoms with Gasteiger partial charge in [-0.15, -0.1) is 11.3 Å². The molecule has 12 heteroatoms. The van der Waals surface area contributed by atoms with Crippen molar-refractivity contribution in [2.75, 3.05) is 26.2 Å². The summed E-state index contributed by atoms with van der Waals surface area (Å²) in [5.74, 6) is -0.564. The monoisotopic (exact) mass is 651 g/mol. The van der Waals surface area contributed by atoms with Gasteiger partial charge >= 0.3 is 0 Å². The Bertz CT molecular complexity index is 1980. The third-order valence-electron chi connectivity index (χ3n) is 9.65. The SMILES string of the molecule is Cc1ccc(-c2cnc(C(=O)N3CC[C@@H](C(=O)N4CCC(O)(Cn5cnc6c(ccn6C)c5=O)CC4)[C@H](c4ccccc4)C3)s2)cn1. The highest BCUT2D eigenvalue weighted by Gasteiger charge is 2.42. The first-order chi connectivity index (χ1) is 22.7. The fraction of sp³-hybridized carbons (Fsp3) is 0.371. The van der Waals surface area contributed by atoms with Gasteiger partial charge in [0.25, 0.3) is 11.5 Å². The number of hydrogen-bond donors (Lipinski definition) is 1. The first kappa shape index (κ1) is 30.9. The minimum absolute atomic E-state index is 0.0425. The van der Waals surface area contributed by atoms with E-state index in [0.29, 0.717) is 61.5 Å². The van der Waals surface area contributed by atoms with Crippen LogP contribution in [-0.4, -0.2) is 82.6 Å². The highest BCUT2D eigenvalue weighted by molar-refractivity contribution is 7.16. The Morgan fingerprint density at radius 3 is 2.51 bits per heavy atom. The second-order valence-corrected chi connectivity index (χ2v) is 13.8. The van der Waals surface area contributed by atoms with Crippen molar-refractivity contribution in [2.45, 2.75) is 44.2 Å². The van der Waals surface area contributed by atoms with Gasteiger partial charge < -0.3 is 19.5 Å². The Hall–Kier alpha value is -4.68. The molecule has 0 bridgehead atoms.